The molecule has 11 heteroatoms. The Morgan fingerprint density at radius 1 is 1.00 bits per heavy atom. The van der Waals surface area contributed by atoms with Gasteiger partial charge in [0.1, 0.15) is 22.3 Å². The normalized spacial score (nSPS) is 13.2. The maximum atomic E-state index is 12.4. The van der Waals surface area contributed by atoms with Gasteiger partial charge in [0.05, 0.1) is 6.61 Å². The average Bonchev–Trinajstić information content (AvgIpc) is 2.81. The first kappa shape index (κ1) is 25.6. The van der Waals surface area contributed by atoms with E-state index in [1.54, 1.807) is 12.1 Å². The van der Waals surface area contributed by atoms with Crippen molar-refractivity contribution in [2.24, 2.45) is 0 Å². The van der Waals surface area contributed by atoms with Crippen LogP contribution in [0.3, 0.4) is 0 Å². The van der Waals surface area contributed by atoms with Gasteiger partial charge < -0.3 is 26.0 Å². The van der Waals surface area contributed by atoms with Gasteiger partial charge in [-0.15, -0.1) is 11.8 Å². The summed E-state index contributed by atoms with van der Waals surface area (Å²) in [6.07, 6.45) is 0. The summed E-state index contributed by atoms with van der Waals surface area (Å²) >= 11 is 7.53. The Bertz CT molecular complexity index is 1060. The van der Waals surface area contributed by atoms with Crippen molar-refractivity contribution in [3.05, 3.63) is 45.5 Å². The predicted molar refractivity (Wildman–Crippen MR) is 137 cm³/mol. The van der Waals surface area contributed by atoms with Gasteiger partial charge in [0.2, 0.25) is 5.91 Å². The zero-order valence-corrected chi connectivity index (χ0v) is 21.0. The highest BCUT2D eigenvalue weighted by Gasteiger charge is 2.18. The summed E-state index contributed by atoms with van der Waals surface area (Å²) in [5.74, 6) is 3.06. The van der Waals surface area contributed by atoms with Gasteiger partial charge in [-0.05, 0) is 38.1 Å². The van der Waals surface area contributed by atoms with E-state index in [0.29, 0.717) is 65.9 Å². The van der Waals surface area contributed by atoms with E-state index in [1.165, 1.54) is 18.7 Å². The van der Waals surface area contributed by atoms with Crippen molar-refractivity contribution in [2.75, 3.05) is 49.2 Å². The molecule has 2 heterocycles. The molecule has 0 unspecified atom stereocenters. The predicted octanol–water partition coefficient (Wildman–Crippen LogP) is 3.18. The molecule has 4 N–H and O–H groups in total. The number of allylic oxidation sites excluding steroid dienone is 1. The zero-order valence-electron chi connectivity index (χ0n) is 19.5. The van der Waals surface area contributed by atoms with Gasteiger partial charge >= 0.3 is 0 Å². The quantitative estimate of drug-likeness (QED) is 0.364. The van der Waals surface area contributed by atoms with Crippen LogP contribution in [0.4, 0.5) is 11.6 Å². The summed E-state index contributed by atoms with van der Waals surface area (Å²) in [7, 11) is 0. The van der Waals surface area contributed by atoms with Crippen molar-refractivity contribution >= 4 is 46.8 Å². The number of nitrogens with zero attached hydrogens (tertiary/aromatic N) is 2. The number of nitrogens with one attached hydrogen (secondary N) is 4. The third-order valence-electron chi connectivity index (χ3n) is 4.92. The van der Waals surface area contributed by atoms with Crippen molar-refractivity contribution < 1.29 is 14.3 Å². The highest BCUT2D eigenvalue weighted by Crippen LogP contribution is 2.27. The van der Waals surface area contributed by atoms with Crippen LogP contribution in [-0.4, -0.2) is 60.3 Å². The van der Waals surface area contributed by atoms with E-state index in [2.05, 4.69) is 31.2 Å². The maximum absolute atomic E-state index is 12.4. The first-order valence-corrected chi connectivity index (χ1v) is 12.3. The molecule has 3 rings (SSSR count). The van der Waals surface area contributed by atoms with E-state index in [-0.39, 0.29) is 11.8 Å². The molecule has 2 aromatic rings. The molecule has 1 aromatic heterocycles. The minimum Gasteiger partial charge on any atom is -0.496 e. The molecule has 182 valence electrons. The molecule has 0 saturated carbocycles. The highest BCUT2D eigenvalue weighted by atomic mass is 35.5. The highest BCUT2D eigenvalue weighted by molar-refractivity contribution is 8.04. The molecule has 0 radical (unpaired) electrons. The number of anilines is 2. The van der Waals surface area contributed by atoms with Crippen LogP contribution >= 0.6 is 23.4 Å². The van der Waals surface area contributed by atoms with Gasteiger partial charge in [0, 0.05) is 55.0 Å². The van der Waals surface area contributed by atoms with Crippen LogP contribution in [0, 0.1) is 6.92 Å². The Kier molecular flexibility index (Phi) is 9.41. The molecule has 0 spiro atoms. The second kappa shape index (κ2) is 12.5. The molecule has 0 saturated heterocycles. The van der Waals surface area contributed by atoms with E-state index in [0.717, 1.165) is 16.9 Å². The number of hydrogen-bond acceptors (Lipinski definition) is 8. The number of aromatic nitrogens is 2. The molecule has 1 aliphatic heterocycles. The number of hydrogen-bond donors (Lipinski definition) is 4. The summed E-state index contributed by atoms with van der Waals surface area (Å²) in [6.45, 7) is 7.71. The van der Waals surface area contributed by atoms with Crippen LogP contribution in [0.25, 0.3) is 11.4 Å². The average molecular weight is 505 g/mol. The van der Waals surface area contributed by atoms with Crippen molar-refractivity contribution in [3.63, 3.8) is 0 Å². The Hall–Kier alpha value is -2.98. The van der Waals surface area contributed by atoms with Crippen molar-refractivity contribution in [1.82, 2.24) is 20.6 Å². The molecular formula is C23H29ClN6O3S. The third kappa shape index (κ3) is 7.26. The van der Waals surface area contributed by atoms with Gasteiger partial charge in [-0.25, -0.2) is 9.97 Å². The number of benzene rings is 1. The monoisotopic (exact) mass is 504 g/mol. The molecule has 9 nitrogen and oxygen atoms in total. The summed E-state index contributed by atoms with van der Waals surface area (Å²) in [5.41, 5.74) is 1.66. The minimum atomic E-state index is -0.134. The Balaban J connectivity index is 1.69. The van der Waals surface area contributed by atoms with Crippen LogP contribution in [0.5, 0.6) is 0 Å². The van der Waals surface area contributed by atoms with Crippen LogP contribution < -0.4 is 21.3 Å². The van der Waals surface area contributed by atoms with Gasteiger partial charge in [-0.1, -0.05) is 11.6 Å². The summed E-state index contributed by atoms with van der Waals surface area (Å²) < 4.78 is 5.46. The molecular weight excluding hydrogens is 476 g/mol. The molecule has 2 amide bonds. The smallest absolute Gasteiger partial charge is 0.261 e. The van der Waals surface area contributed by atoms with Gasteiger partial charge in [-0.3, -0.25) is 9.59 Å². The van der Waals surface area contributed by atoms with Crippen molar-refractivity contribution in [2.45, 2.75) is 20.8 Å². The number of halogens is 1. The van der Waals surface area contributed by atoms with Gasteiger partial charge in [-0.2, -0.15) is 0 Å². The molecule has 0 atom stereocenters. The number of ether oxygens (including phenoxy) is 1. The van der Waals surface area contributed by atoms with Crippen LogP contribution in [0.1, 0.15) is 19.4 Å². The fraction of sp³-hybridized carbons (Fsp3) is 0.391. The summed E-state index contributed by atoms with van der Waals surface area (Å²) in [4.78, 5) is 33.5. The molecule has 0 aliphatic carbocycles. The van der Waals surface area contributed by atoms with E-state index < -0.39 is 0 Å². The van der Waals surface area contributed by atoms with E-state index >= 15 is 0 Å². The number of rotatable bonds is 10. The minimum absolute atomic E-state index is 0.0865. The van der Waals surface area contributed by atoms with E-state index in [9.17, 15) is 9.59 Å². The van der Waals surface area contributed by atoms with Gasteiger partial charge in [0.15, 0.2) is 5.82 Å². The standard InChI is InChI=1S/C23H29ClN6O3S/c1-14-20(26-9-8-25-16(3)31)29-22(17-4-6-18(24)7-5-17)30-21(14)27-10-11-28-23(32)19-15(2)33-12-13-34-19/h4-7H,8-13H2,1-3H3,(H,25,31)(H,28,32)(H2,26,27,29,30). The topological polar surface area (TPSA) is 117 Å². The Morgan fingerprint density at radius 2 is 1.62 bits per heavy atom. The Labute approximate surface area is 208 Å². The Morgan fingerprint density at radius 3 is 2.21 bits per heavy atom. The number of carbonyl (C=O) groups is 2. The number of thioether (sulfide) groups is 1. The molecule has 34 heavy (non-hydrogen) atoms. The molecule has 1 aromatic carbocycles. The first-order chi connectivity index (χ1) is 16.3. The van der Waals surface area contributed by atoms with Crippen LogP contribution in [0.15, 0.2) is 34.9 Å². The molecule has 0 fully saturated rings. The zero-order chi connectivity index (χ0) is 24.5. The van der Waals surface area contributed by atoms with E-state index in [1.807, 2.05) is 26.0 Å². The maximum Gasteiger partial charge on any atom is 0.261 e. The summed E-state index contributed by atoms with van der Waals surface area (Å²) in [6, 6.07) is 7.29. The van der Waals surface area contributed by atoms with Crippen LogP contribution in [0.2, 0.25) is 5.02 Å². The van der Waals surface area contributed by atoms with E-state index in [4.69, 9.17) is 16.3 Å². The summed E-state index contributed by atoms with van der Waals surface area (Å²) in [5, 5.41) is 12.9. The second-order valence-electron chi connectivity index (χ2n) is 7.55. The SMILES string of the molecule is CC(=O)NCCNc1nc(-c2ccc(Cl)cc2)nc(NCCNC(=O)C2=C(C)OCCS2)c1C. The lowest BCUT2D eigenvalue weighted by Crippen LogP contribution is -2.31. The molecule has 0 bridgehead atoms. The van der Waals surface area contributed by atoms with Crippen molar-refractivity contribution in [3.8, 4) is 11.4 Å². The van der Waals surface area contributed by atoms with Crippen molar-refractivity contribution in [1.29, 1.82) is 0 Å². The van der Waals surface area contributed by atoms with Gasteiger partial charge in [0.25, 0.3) is 5.91 Å². The number of amides is 2. The second-order valence-corrected chi connectivity index (χ2v) is 9.09. The van der Waals surface area contributed by atoms with Crippen LogP contribution in [-0.2, 0) is 14.3 Å². The lowest BCUT2D eigenvalue weighted by molar-refractivity contribution is -0.119. The molecule has 1 aliphatic rings. The number of carbonyl (C=O) groups excluding carboxylic acids is 2. The lowest BCUT2D eigenvalue weighted by Gasteiger charge is -2.18. The largest absolute Gasteiger partial charge is 0.496 e. The third-order valence-corrected chi connectivity index (χ3v) is 6.30. The fourth-order valence-corrected chi connectivity index (χ4v) is 4.14. The fourth-order valence-electron chi connectivity index (χ4n) is 3.18. The first-order valence-electron chi connectivity index (χ1n) is 11.0. The lowest BCUT2D eigenvalue weighted by atomic mass is 10.2.